The fourth-order valence-electron chi connectivity index (χ4n) is 4.63. The van der Waals surface area contributed by atoms with Gasteiger partial charge in [-0.2, -0.15) is 5.10 Å². The monoisotopic (exact) mass is 396 g/mol. The molecule has 1 amide bonds. The number of rotatable bonds is 6. The fourth-order valence-corrected chi connectivity index (χ4v) is 4.63. The highest BCUT2D eigenvalue weighted by molar-refractivity contribution is 5.76. The topological polar surface area (TPSA) is 70.2 Å². The van der Waals surface area contributed by atoms with Gasteiger partial charge in [-0.3, -0.25) is 9.89 Å². The fraction of sp³-hybridized carbons (Fsp3) is 0.565. The number of anilines is 1. The first-order valence-electron chi connectivity index (χ1n) is 11.0. The summed E-state index contributed by atoms with van der Waals surface area (Å²) in [7, 11) is 1.67. The van der Waals surface area contributed by atoms with Crippen LogP contribution in [0.3, 0.4) is 0 Å². The Kier molecular flexibility index (Phi) is 6.37. The van der Waals surface area contributed by atoms with Crippen LogP contribution in [0.4, 0.5) is 5.82 Å². The number of aromatic amines is 1. The van der Waals surface area contributed by atoms with Crippen molar-refractivity contribution in [3.05, 3.63) is 30.3 Å². The van der Waals surface area contributed by atoms with Crippen LogP contribution in [0.15, 0.2) is 30.3 Å². The van der Waals surface area contributed by atoms with Gasteiger partial charge in [-0.25, -0.2) is 0 Å². The van der Waals surface area contributed by atoms with Gasteiger partial charge < -0.3 is 15.0 Å². The minimum Gasteiger partial charge on any atom is -0.497 e. The van der Waals surface area contributed by atoms with E-state index in [1.807, 2.05) is 24.3 Å². The van der Waals surface area contributed by atoms with E-state index in [4.69, 9.17) is 4.74 Å². The molecule has 2 heterocycles. The van der Waals surface area contributed by atoms with E-state index in [0.717, 1.165) is 48.8 Å². The second kappa shape index (κ2) is 9.33. The Balaban J connectivity index is 1.33. The third-order valence-electron chi connectivity index (χ3n) is 6.27. The van der Waals surface area contributed by atoms with E-state index in [1.54, 1.807) is 7.11 Å². The van der Waals surface area contributed by atoms with Crippen molar-refractivity contribution >= 4 is 11.7 Å². The Labute approximate surface area is 173 Å². The molecule has 156 valence electrons. The first kappa shape index (κ1) is 19.8. The number of hydrogen-bond donors (Lipinski definition) is 2. The van der Waals surface area contributed by atoms with Gasteiger partial charge in [-0.1, -0.05) is 19.3 Å². The zero-order valence-corrected chi connectivity index (χ0v) is 17.3. The summed E-state index contributed by atoms with van der Waals surface area (Å²) in [5.74, 6) is 2.60. The summed E-state index contributed by atoms with van der Waals surface area (Å²) < 4.78 is 5.23. The Morgan fingerprint density at radius 3 is 2.72 bits per heavy atom. The summed E-state index contributed by atoms with van der Waals surface area (Å²) in [6.45, 7) is 1.80. The van der Waals surface area contributed by atoms with Crippen molar-refractivity contribution in [1.29, 1.82) is 0 Å². The van der Waals surface area contributed by atoms with Crippen molar-refractivity contribution in [1.82, 2.24) is 15.5 Å². The molecule has 1 aromatic carbocycles. The zero-order chi connectivity index (χ0) is 20.1. The molecule has 1 unspecified atom stereocenters. The van der Waals surface area contributed by atoms with Gasteiger partial charge in [-0.15, -0.1) is 0 Å². The quantitative estimate of drug-likeness (QED) is 0.770. The number of piperidine rings is 1. The van der Waals surface area contributed by atoms with Crippen molar-refractivity contribution in [2.24, 2.45) is 5.92 Å². The maximum Gasteiger partial charge on any atom is 0.220 e. The Morgan fingerprint density at radius 1 is 1.17 bits per heavy atom. The van der Waals surface area contributed by atoms with E-state index in [9.17, 15) is 4.79 Å². The van der Waals surface area contributed by atoms with E-state index in [1.165, 1.54) is 32.1 Å². The molecule has 1 aromatic heterocycles. The maximum atomic E-state index is 12.5. The summed E-state index contributed by atoms with van der Waals surface area (Å²) in [4.78, 5) is 14.8. The summed E-state index contributed by atoms with van der Waals surface area (Å²) in [6, 6.07) is 10.3. The number of methoxy groups -OCH3 is 1. The van der Waals surface area contributed by atoms with Crippen molar-refractivity contribution in [3.63, 3.8) is 0 Å². The average Bonchev–Trinajstić information content (AvgIpc) is 3.25. The second-order valence-corrected chi connectivity index (χ2v) is 8.43. The molecule has 0 spiro atoms. The molecular weight excluding hydrogens is 364 g/mol. The summed E-state index contributed by atoms with van der Waals surface area (Å²) in [5, 5.41) is 11.0. The van der Waals surface area contributed by atoms with Crippen LogP contribution in [0.1, 0.15) is 51.4 Å². The number of benzene rings is 1. The van der Waals surface area contributed by atoms with E-state index >= 15 is 0 Å². The first-order chi connectivity index (χ1) is 14.2. The van der Waals surface area contributed by atoms with E-state index in [-0.39, 0.29) is 11.9 Å². The average molecular weight is 397 g/mol. The molecule has 1 aliphatic carbocycles. The normalized spacial score (nSPS) is 20.4. The Bertz CT molecular complexity index is 795. The number of H-pyrrole nitrogens is 1. The molecule has 1 saturated carbocycles. The van der Waals surface area contributed by atoms with Gasteiger partial charge >= 0.3 is 0 Å². The molecule has 2 N–H and O–H groups in total. The standard InChI is InChI=1S/C23H32N4O2/c1-29-20-11-9-18(10-12-20)21-15-22(26-25-21)27-13-5-8-19(16-27)24-23(28)14-17-6-3-2-4-7-17/h9-12,15,17,19H,2-8,13-14,16H2,1H3,(H,24,28)(H,25,26). The van der Waals surface area contributed by atoms with Crippen molar-refractivity contribution in [2.45, 2.75) is 57.4 Å². The lowest BCUT2D eigenvalue weighted by atomic mass is 9.87. The highest BCUT2D eigenvalue weighted by atomic mass is 16.5. The van der Waals surface area contributed by atoms with Crippen LogP contribution in [0, 0.1) is 5.92 Å². The van der Waals surface area contributed by atoms with Crippen LogP contribution in [0.2, 0.25) is 0 Å². The van der Waals surface area contributed by atoms with E-state index in [2.05, 4.69) is 26.5 Å². The first-order valence-corrected chi connectivity index (χ1v) is 11.0. The number of carbonyl (C=O) groups excluding carboxylic acids is 1. The predicted molar refractivity (Wildman–Crippen MR) is 115 cm³/mol. The molecule has 1 saturated heterocycles. The molecular formula is C23H32N4O2. The lowest BCUT2D eigenvalue weighted by Gasteiger charge is -2.33. The van der Waals surface area contributed by atoms with Crippen molar-refractivity contribution < 1.29 is 9.53 Å². The van der Waals surface area contributed by atoms with Crippen LogP contribution in [-0.2, 0) is 4.79 Å². The number of hydrogen-bond acceptors (Lipinski definition) is 4. The van der Waals surface area contributed by atoms with Gasteiger partial charge in [0.15, 0.2) is 5.82 Å². The van der Waals surface area contributed by atoms with Crippen LogP contribution in [-0.4, -0.2) is 42.3 Å². The SMILES string of the molecule is COc1ccc(-c2cc(N3CCCC(NC(=O)CC4CCCCC4)C3)n[nH]2)cc1. The Hall–Kier alpha value is -2.50. The van der Waals surface area contributed by atoms with Crippen LogP contribution in [0.25, 0.3) is 11.3 Å². The van der Waals surface area contributed by atoms with Crippen LogP contribution in [0.5, 0.6) is 5.75 Å². The molecule has 0 radical (unpaired) electrons. The maximum absolute atomic E-state index is 12.5. The van der Waals surface area contributed by atoms with Gasteiger partial charge in [0, 0.05) is 31.6 Å². The lowest BCUT2D eigenvalue weighted by molar-refractivity contribution is -0.123. The molecule has 6 nitrogen and oxygen atoms in total. The van der Waals surface area contributed by atoms with Crippen molar-refractivity contribution in [3.8, 4) is 17.0 Å². The van der Waals surface area contributed by atoms with Gasteiger partial charge in [0.2, 0.25) is 5.91 Å². The molecule has 2 aromatic rings. The predicted octanol–water partition coefficient (Wildman–Crippen LogP) is 4.14. The zero-order valence-electron chi connectivity index (χ0n) is 17.3. The number of carbonyl (C=O) groups is 1. The van der Waals surface area contributed by atoms with Crippen LogP contribution < -0.4 is 15.0 Å². The smallest absolute Gasteiger partial charge is 0.220 e. The summed E-state index contributed by atoms with van der Waals surface area (Å²) in [5.41, 5.74) is 2.07. The second-order valence-electron chi connectivity index (χ2n) is 8.43. The van der Waals surface area contributed by atoms with Crippen LogP contribution >= 0.6 is 0 Å². The number of nitrogens with one attached hydrogen (secondary N) is 2. The van der Waals surface area contributed by atoms with Gasteiger partial charge in [0.25, 0.3) is 0 Å². The molecule has 4 rings (SSSR count). The third-order valence-corrected chi connectivity index (χ3v) is 6.27. The molecule has 1 atom stereocenters. The van der Waals surface area contributed by atoms with Crippen molar-refractivity contribution in [2.75, 3.05) is 25.1 Å². The third kappa shape index (κ3) is 5.11. The molecule has 6 heteroatoms. The highest BCUT2D eigenvalue weighted by Gasteiger charge is 2.24. The number of ether oxygens (including phenoxy) is 1. The van der Waals surface area contributed by atoms with Gasteiger partial charge in [-0.05, 0) is 61.4 Å². The minimum absolute atomic E-state index is 0.209. The minimum atomic E-state index is 0.209. The van der Waals surface area contributed by atoms with E-state index < -0.39 is 0 Å². The molecule has 2 fully saturated rings. The Morgan fingerprint density at radius 2 is 1.97 bits per heavy atom. The lowest BCUT2D eigenvalue weighted by Crippen LogP contribution is -2.48. The van der Waals surface area contributed by atoms with Gasteiger partial charge in [0.05, 0.1) is 12.8 Å². The van der Waals surface area contributed by atoms with E-state index in [0.29, 0.717) is 12.3 Å². The van der Waals surface area contributed by atoms with Gasteiger partial charge in [0.1, 0.15) is 5.75 Å². The summed E-state index contributed by atoms with van der Waals surface area (Å²) in [6.07, 6.45) is 9.13. The number of nitrogens with zero attached hydrogens (tertiary/aromatic N) is 2. The number of aromatic nitrogens is 2. The largest absolute Gasteiger partial charge is 0.497 e. The molecule has 2 aliphatic rings. The highest BCUT2D eigenvalue weighted by Crippen LogP contribution is 2.27. The molecule has 1 aliphatic heterocycles. The molecule has 0 bridgehead atoms. The number of amides is 1. The summed E-state index contributed by atoms with van der Waals surface area (Å²) >= 11 is 0. The molecule has 29 heavy (non-hydrogen) atoms.